The molecular formula is C17H19N3O3S2. The number of ether oxygens (including phenoxy) is 1. The Balaban J connectivity index is 1.61. The SMILES string of the molecule is CCOC(=O)/C=C1\SCC(=O)N1CCSc1nc2ccc(C)cc2[nH]1. The number of esters is 1. The van der Waals surface area contributed by atoms with Crippen molar-refractivity contribution >= 4 is 46.4 Å². The average Bonchev–Trinajstić information content (AvgIpc) is 3.12. The van der Waals surface area contributed by atoms with Crippen molar-refractivity contribution < 1.29 is 14.3 Å². The predicted octanol–water partition coefficient (Wildman–Crippen LogP) is 2.94. The minimum Gasteiger partial charge on any atom is -0.463 e. The van der Waals surface area contributed by atoms with Gasteiger partial charge in [0, 0.05) is 12.3 Å². The number of hydrogen-bond acceptors (Lipinski definition) is 6. The van der Waals surface area contributed by atoms with Crippen LogP contribution in [0.25, 0.3) is 11.0 Å². The molecule has 0 spiro atoms. The largest absolute Gasteiger partial charge is 0.463 e. The zero-order chi connectivity index (χ0) is 17.8. The standard InChI is InChI=1S/C17H19N3O3S2/c1-3-23-16(22)9-15-20(14(21)10-25-15)6-7-24-17-18-12-5-4-11(2)8-13(12)19-17/h4-5,8-9H,3,6-7,10H2,1-2H3,(H,18,19)/b15-9-. The summed E-state index contributed by atoms with van der Waals surface area (Å²) in [4.78, 5) is 33.1. The molecule has 1 aliphatic rings. The van der Waals surface area contributed by atoms with Gasteiger partial charge in [-0.25, -0.2) is 9.78 Å². The monoisotopic (exact) mass is 377 g/mol. The van der Waals surface area contributed by atoms with Crippen LogP contribution >= 0.6 is 23.5 Å². The van der Waals surface area contributed by atoms with E-state index in [1.165, 1.54) is 23.4 Å². The number of H-pyrrole nitrogens is 1. The Morgan fingerprint density at radius 2 is 2.36 bits per heavy atom. The third kappa shape index (κ3) is 4.38. The van der Waals surface area contributed by atoms with Crippen molar-refractivity contribution in [3.8, 4) is 0 Å². The van der Waals surface area contributed by atoms with Gasteiger partial charge in [-0.05, 0) is 31.5 Å². The van der Waals surface area contributed by atoms with Gasteiger partial charge in [-0.3, -0.25) is 4.79 Å². The number of benzene rings is 1. The Hall–Kier alpha value is -1.93. The number of nitrogens with zero attached hydrogens (tertiary/aromatic N) is 2. The van der Waals surface area contributed by atoms with Gasteiger partial charge in [0.15, 0.2) is 5.16 Å². The van der Waals surface area contributed by atoms with E-state index in [2.05, 4.69) is 16.0 Å². The first kappa shape index (κ1) is 17.9. The number of aromatic amines is 1. The van der Waals surface area contributed by atoms with Crippen LogP contribution < -0.4 is 0 Å². The van der Waals surface area contributed by atoms with Crippen LogP contribution in [-0.4, -0.2) is 51.4 Å². The number of fused-ring (bicyclic) bond motifs is 1. The van der Waals surface area contributed by atoms with Crippen LogP contribution in [-0.2, 0) is 14.3 Å². The van der Waals surface area contributed by atoms with Crippen LogP contribution in [0, 0.1) is 6.92 Å². The van der Waals surface area contributed by atoms with E-state index in [0.29, 0.717) is 29.7 Å². The van der Waals surface area contributed by atoms with Gasteiger partial charge < -0.3 is 14.6 Å². The highest BCUT2D eigenvalue weighted by Crippen LogP contribution is 2.29. The predicted molar refractivity (Wildman–Crippen MR) is 100 cm³/mol. The number of amides is 1. The average molecular weight is 377 g/mol. The molecule has 1 aromatic carbocycles. The zero-order valence-corrected chi connectivity index (χ0v) is 15.7. The molecule has 1 aliphatic heterocycles. The van der Waals surface area contributed by atoms with Crippen LogP contribution in [0.15, 0.2) is 34.5 Å². The summed E-state index contributed by atoms with van der Waals surface area (Å²) in [7, 11) is 0. The van der Waals surface area contributed by atoms with E-state index in [-0.39, 0.29) is 5.91 Å². The minimum atomic E-state index is -0.412. The second-order valence-corrected chi connectivity index (χ2v) is 7.56. The zero-order valence-electron chi connectivity index (χ0n) is 14.1. The van der Waals surface area contributed by atoms with Crippen LogP contribution in [0.4, 0.5) is 0 Å². The van der Waals surface area contributed by atoms with Crippen molar-refractivity contribution in [2.75, 3.05) is 24.7 Å². The Morgan fingerprint density at radius 1 is 1.52 bits per heavy atom. The van der Waals surface area contributed by atoms with Crippen LogP contribution in [0.1, 0.15) is 12.5 Å². The molecule has 0 radical (unpaired) electrons. The Morgan fingerprint density at radius 3 is 3.16 bits per heavy atom. The molecule has 0 bridgehead atoms. The lowest BCUT2D eigenvalue weighted by atomic mass is 10.2. The van der Waals surface area contributed by atoms with E-state index in [1.54, 1.807) is 23.6 Å². The number of nitrogens with one attached hydrogen (secondary N) is 1. The molecule has 25 heavy (non-hydrogen) atoms. The highest BCUT2D eigenvalue weighted by Gasteiger charge is 2.27. The molecule has 0 unspecified atom stereocenters. The van der Waals surface area contributed by atoms with Crippen molar-refractivity contribution in [1.82, 2.24) is 14.9 Å². The third-order valence-electron chi connectivity index (χ3n) is 3.61. The molecule has 1 aromatic heterocycles. The molecular weight excluding hydrogens is 358 g/mol. The molecule has 2 aromatic rings. The summed E-state index contributed by atoms with van der Waals surface area (Å²) in [5.74, 6) is 0.650. The number of aryl methyl sites for hydroxylation is 1. The quantitative estimate of drug-likeness (QED) is 0.474. The van der Waals surface area contributed by atoms with Crippen LogP contribution in [0.5, 0.6) is 0 Å². The van der Waals surface area contributed by atoms with Gasteiger partial charge in [-0.1, -0.05) is 29.6 Å². The third-order valence-corrected chi connectivity index (χ3v) is 5.49. The molecule has 6 nitrogen and oxygen atoms in total. The minimum absolute atomic E-state index is 0.0152. The number of hydrogen-bond donors (Lipinski definition) is 1. The van der Waals surface area contributed by atoms with Gasteiger partial charge in [-0.15, -0.1) is 0 Å². The molecule has 1 saturated heterocycles. The van der Waals surface area contributed by atoms with Gasteiger partial charge in [-0.2, -0.15) is 0 Å². The number of thioether (sulfide) groups is 2. The summed E-state index contributed by atoms with van der Waals surface area (Å²) in [6.45, 7) is 4.65. The van der Waals surface area contributed by atoms with Crippen molar-refractivity contribution in [3.63, 3.8) is 0 Å². The first-order chi connectivity index (χ1) is 12.1. The van der Waals surface area contributed by atoms with E-state index >= 15 is 0 Å². The van der Waals surface area contributed by atoms with Gasteiger partial charge in [0.25, 0.3) is 0 Å². The molecule has 2 heterocycles. The molecule has 1 N–H and O–H groups in total. The number of rotatable bonds is 6. The van der Waals surface area contributed by atoms with Gasteiger partial charge in [0.05, 0.1) is 34.5 Å². The fourth-order valence-corrected chi connectivity index (χ4v) is 4.22. The highest BCUT2D eigenvalue weighted by atomic mass is 32.2. The summed E-state index contributed by atoms with van der Waals surface area (Å²) in [6.07, 6.45) is 1.40. The summed E-state index contributed by atoms with van der Waals surface area (Å²) < 4.78 is 4.92. The second-order valence-electron chi connectivity index (χ2n) is 5.48. The number of carbonyl (C=O) groups excluding carboxylic acids is 2. The fraction of sp³-hybridized carbons (Fsp3) is 0.353. The van der Waals surface area contributed by atoms with E-state index < -0.39 is 5.97 Å². The summed E-state index contributed by atoms with van der Waals surface area (Å²) in [5.41, 5.74) is 3.13. The van der Waals surface area contributed by atoms with Crippen molar-refractivity contribution in [2.24, 2.45) is 0 Å². The maximum absolute atomic E-state index is 12.0. The maximum atomic E-state index is 12.0. The lowest BCUT2D eigenvalue weighted by Crippen LogP contribution is -2.27. The number of aromatic nitrogens is 2. The summed E-state index contributed by atoms with van der Waals surface area (Å²) >= 11 is 2.93. The Kier molecular flexibility index (Phi) is 5.70. The van der Waals surface area contributed by atoms with Crippen molar-refractivity contribution in [3.05, 3.63) is 34.9 Å². The lowest BCUT2D eigenvalue weighted by molar-refractivity contribution is -0.137. The molecule has 3 rings (SSSR count). The summed E-state index contributed by atoms with van der Waals surface area (Å²) in [6, 6.07) is 6.09. The molecule has 132 valence electrons. The second kappa shape index (κ2) is 7.97. The lowest BCUT2D eigenvalue weighted by Gasteiger charge is -2.16. The molecule has 1 amide bonds. The Labute approximate surface area is 154 Å². The first-order valence-electron chi connectivity index (χ1n) is 7.97. The van der Waals surface area contributed by atoms with Gasteiger partial charge in [0.2, 0.25) is 5.91 Å². The first-order valence-corrected chi connectivity index (χ1v) is 9.94. The van der Waals surface area contributed by atoms with E-state index in [0.717, 1.165) is 16.2 Å². The van der Waals surface area contributed by atoms with E-state index in [1.807, 2.05) is 19.1 Å². The molecule has 0 atom stereocenters. The fourth-order valence-electron chi connectivity index (χ4n) is 2.46. The molecule has 1 fully saturated rings. The number of imidazole rings is 1. The number of carbonyl (C=O) groups is 2. The normalized spacial score (nSPS) is 16.2. The van der Waals surface area contributed by atoms with Crippen molar-refractivity contribution in [2.45, 2.75) is 19.0 Å². The van der Waals surface area contributed by atoms with Crippen LogP contribution in [0.3, 0.4) is 0 Å². The molecule has 8 heteroatoms. The van der Waals surface area contributed by atoms with E-state index in [9.17, 15) is 9.59 Å². The smallest absolute Gasteiger partial charge is 0.333 e. The van der Waals surface area contributed by atoms with Gasteiger partial charge >= 0.3 is 5.97 Å². The molecule has 0 aliphatic carbocycles. The topological polar surface area (TPSA) is 75.3 Å². The van der Waals surface area contributed by atoms with Gasteiger partial charge in [0.1, 0.15) is 0 Å². The van der Waals surface area contributed by atoms with Crippen molar-refractivity contribution in [1.29, 1.82) is 0 Å². The molecule has 0 saturated carbocycles. The van der Waals surface area contributed by atoms with Crippen LogP contribution in [0.2, 0.25) is 0 Å². The highest BCUT2D eigenvalue weighted by molar-refractivity contribution is 8.04. The Bertz CT molecular complexity index is 832. The van der Waals surface area contributed by atoms with E-state index in [4.69, 9.17) is 4.74 Å². The summed E-state index contributed by atoms with van der Waals surface area (Å²) in [5, 5.41) is 1.49. The maximum Gasteiger partial charge on any atom is 0.333 e.